The molecule has 1 atom stereocenters. The van der Waals surface area contributed by atoms with Crippen molar-refractivity contribution in [3.8, 4) is 11.1 Å². The van der Waals surface area contributed by atoms with E-state index in [4.69, 9.17) is 0 Å². The maximum Gasteiger partial charge on any atom is 0.417 e. The van der Waals surface area contributed by atoms with E-state index in [-0.39, 0.29) is 16.8 Å². The van der Waals surface area contributed by atoms with Gasteiger partial charge in [-0.2, -0.15) is 26.3 Å². The fourth-order valence-electron chi connectivity index (χ4n) is 5.24. The summed E-state index contributed by atoms with van der Waals surface area (Å²) >= 11 is 0. The number of nitrogens with one attached hydrogen (secondary N) is 2. The zero-order valence-corrected chi connectivity index (χ0v) is 26.8. The van der Waals surface area contributed by atoms with E-state index in [9.17, 15) is 35.9 Å². The number of amides is 2. The van der Waals surface area contributed by atoms with Crippen LogP contribution in [0.4, 0.5) is 32.0 Å². The van der Waals surface area contributed by atoms with Crippen molar-refractivity contribution in [1.82, 2.24) is 5.32 Å². The molecule has 46 heavy (non-hydrogen) atoms. The molecule has 1 unspecified atom stereocenters. The average Bonchev–Trinajstić information content (AvgIpc) is 2.99. The van der Waals surface area contributed by atoms with Gasteiger partial charge in [-0.15, -0.1) is 0 Å². The molecule has 2 N–H and O–H groups in total. The Balaban J connectivity index is 1.99. The van der Waals surface area contributed by atoms with Gasteiger partial charge in [-0.25, -0.2) is 0 Å². The Morgan fingerprint density at radius 3 is 1.87 bits per heavy atom. The molecule has 0 heterocycles. The highest BCUT2D eigenvalue weighted by Crippen LogP contribution is 2.45. The van der Waals surface area contributed by atoms with Gasteiger partial charge in [0.2, 0.25) is 0 Å². The Morgan fingerprint density at radius 2 is 1.33 bits per heavy atom. The third-order valence-electron chi connectivity index (χ3n) is 8.19. The molecular formula is C36H40F6N2O2. The molecule has 3 rings (SSSR count). The number of rotatable bonds is 11. The molecule has 0 aliphatic rings. The second-order valence-electron chi connectivity index (χ2n) is 12.3. The molecule has 10 heteroatoms. The van der Waals surface area contributed by atoms with Crippen molar-refractivity contribution >= 4 is 17.5 Å². The van der Waals surface area contributed by atoms with E-state index in [1.165, 1.54) is 30.3 Å². The summed E-state index contributed by atoms with van der Waals surface area (Å²) in [7, 11) is 0. The smallest absolute Gasteiger partial charge is 0.343 e. The second-order valence-corrected chi connectivity index (χ2v) is 12.3. The molecule has 0 bridgehead atoms. The van der Waals surface area contributed by atoms with Gasteiger partial charge in [-0.3, -0.25) is 9.59 Å². The lowest BCUT2D eigenvalue weighted by Gasteiger charge is -2.27. The van der Waals surface area contributed by atoms with Crippen LogP contribution in [0.1, 0.15) is 105 Å². The van der Waals surface area contributed by atoms with Gasteiger partial charge in [-0.05, 0) is 85.2 Å². The van der Waals surface area contributed by atoms with E-state index < -0.39 is 57.4 Å². The molecule has 3 aromatic rings. The maximum atomic E-state index is 14.3. The van der Waals surface area contributed by atoms with Crippen LogP contribution >= 0.6 is 0 Å². The number of carbonyl (C=O) groups is 2. The SMILES string of the molecule is C/C=C\C(C)(CC)NC(=O)c1cccc(C(=O)Nc2ccc(-c3ccc(C(C)(C)CCCC)cc3C(F)(F)F)c(C(F)(F)F)c2)c1. The van der Waals surface area contributed by atoms with Crippen LogP contribution in [-0.4, -0.2) is 17.4 Å². The van der Waals surface area contributed by atoms with E-state index >= 15 is 0 Å². The quantitative estimate of drug-likeness (QED) is 0.161. The number of unbranched alkanes of at least 4 members (excludes halogenated alkanes) is 1. The first-order chi connectivity index (χ1) is 21.3. The summed E-state index contributed by atoms with van der Waals surface area (Å²) in [5, 5.41) is 5.28. The fraction of sp³-hybridized carbons (Fsp3) is 0.389. The Bertz CT molecular complexity index is 1590. The predicted octanol–water partition coefficient (Wildman–Crippen LogP) is 10.6. The number of halogens is 6. The van der Waals surface area contributed by atoms with Crippen LogP contribution in [0, 0.1) is 0 Å². The topological polar surface area (TPSA) is 58.2 Å². The molecule has 2 amide bonds. The number of carbonyl (C=O) groups excluding carboxylic acids is 2. The minimum atomic E-state index is -5.03. The van der Waals surface area contributed by atoms with Crippen LogP contribution in [0.3, 0.4) is 0 Å². The lowest BCUT2D eigenvalue weighted by molar-refractivity contribution is -0.139. The molecule has 0 spiro atoms. The van der Waals surface area contributed by atoms with Gasteiger partial charge in [0, 0.05) is 16.8 Å². The fourth-order valence-corrected chi connectivity index (χ4v) is 5.24. The lowest BCUT2D eigenvalue weighted by atomic mass is 9.78. The Morgan fingerprint density at radius 1 is 0.761 bits per heavy atom. The molecule has 248 valence electrons. The first-order valence-electron chi connectivity index (χ1n) is 15.2. The van der Waals surface area contributed by atoms with Crippen LogP contribution in [0.2, 0.25) is 0 Å². The molecule has 3 aromatic carbocycles. The lowest BCUT2D eigenvalue weighted by Crippen LogP contribution is -2.43. The summed E-state index contributed by atoms with van der Waals surface area (Å²) in [6.07, 6.45) is -3.45. The van der Waals surface area contributed by atoms with Crippen molar-refractivity contribution in [3.63, 3.8) is 0 Å². The van der Waals surface area contributed by atoms with Gasteiger partial charge < -0.3 is 10.6 Å². The van der Waals surface area contributed by atoms with E-state index in [1.807, 2.05) is 53.7 Å². The number of anilines is 1. The number of alkyl halides is 6. The van der Waals surface area contributed by atoms with Crippen LogP contribution < -0.4 is 10.6 Å². The standard InChI is InChI=1S/C36H40F6N2O2/c1-7-10-19-33(4,5)25-14-16-27(29(21-25)35(37,38)39)28-17-15-26(22-30(28)36(40,41)42)43-31(45)23-12-11-13-24(20-23)32(46)44-34(6,9-3)18-8-2/h8,11-18,20-22H,7,9-10,19H2,1-6H3,(H,43,45)(H,44,46)/b18-8-. The zero-order valence-electron chi connectivity index (χ0n) is 26.8. The average molecular weight is 647 g/mol. The van der Waals surface area contributed by atoms with Crippen molar-refractivity contribution < 1.29 is 35.9 Å². The molecule has 0 aliphatic carbocycles. The molecule has 0 fully saturated rings. The molecule has 0 saturated heterocycles. The number of hydrogen-bond acceptors (Lipinski definition) is 2. The number of hydrogen-bond donors (Lipinski definition) is 2. The molecule has 0 radical (unpaired) electrons. The largest absolute Gasteiger partial charge is 0.417 e. The van der Waals surface area contributed by atoms with Crippen LogP contribution in [0.15, 0.2) is 72.8 Å². The zero-order chi connectivity index (χ0) is 34.5. The van der Waals surface area contributed by atoms with Gasteiger partial charge >= 0.3 is 12.4 Å². The minimum Gasteiger partial charge on any atom is -0.343 e. The Hall–Kier alpha value is -4.08. The maximum absolute atomic E-state index is 14.3. The third kappa shape index (κ3) is 8.79. The molecular weight excluding hydrogens is 606 g/mol. The molecule has 4 nitrogen and oxygen atoms in total. The van der Waals surface area contributed by atoms with E-state index in [1.54, 1.807) is 0 Å². The third-order valence-corrected chi connectivity index (χ3v) is 8.19. The first kappa shape index (κ1) is 36.4. The van der Waals surface area contributed by atoms with Gasteiger partial charge in [-0.1, -0.05) is 77.0 Å². The van der Waals surface area contributed by atoms with E-state index in [0.29, 0.717) is 24.5 Å². The van der Waals surface area contributed by atoms with Gasteiger partial charge in [0.05, 0.1) is 16.7 Å². The van der Waals surface area contributed by atoms with Gasteiger partial charge in [0.25, 0.3) is 11.8 Å². The highest BCUT2D eigenvalue weighted by molar-refractivity contribution is 6.06. The summed E-state index contributed by atoms with van der Waals surface area (Å²) in [6.45, 7) is 11.1. The summed E-state index contributed by atoms with van der Waals surface area (Å²) in [5.74, 6) is -1.24. The van der Waals surface area contributed by atoms with Crippen LogP contribution in [0.25, 0.3) is 11.1 Å². The van der Waals surface area contributed by atoms with Crippen molar-refractivity contribution in [3.05, 3.63) is 101 Å². The van der Waals surface area contributed by atoms with Crippen LogP contribution in [-0.2, 0) is 17.8 Å². The summed E-state index contributed by atoms with van der Waals surface area (Å²) in [5.41, 5.74) is -4.71. The second kappa shape index (κ2) is 14.1. The van der Waals surface area contributed by atoms with Crippen molar-refractivity contribution in [2.75, 3.05) is 5.32 Å². The molecule has 0 aliphatic heterocycles. The number of allylic oxidation sites excluding steroid dienone is 1. The van der Waals surface area contributed by atoms with Crippen molar-refractivity contribution in [1.29, 1.82) is 0 Å². The minimum absolute atomic E-state index is 0.00940. The Labute approximate surface area is 266 Å². The normalized spacial score (nSPS) is 13.8. The van der Waals surface area contributed by atoms with E-state index in [0.717, 1.165) is 37.1 Å². The highest BCUT2D eigenvalue weighted by atomic mass is 19.4. The van der Waals surface area contributed by atoms with Crippen molar-refractivity contribution in [2.45, 2.75) is 90.5 Å². The predicted molar refractivity (Wildman–Crippen MR) is 170 cm³/mol. The van der Waals surface area contributed by atoms with Crippen LogP contribution in [0.5, 0.6) is 0 Å². The molecule has 0 aromatic heterocycles. The monoisotopic (exact) mass is 646 g/mol. The first-order valence-corrected chi connectivity index (χ1v) is 15.2. The van der Waals surface area contributed by atoms with E-state index in [2.05, 4.69) is 10.6 Å². The van der Waals surface area contributed by atoms with Crippen molar-refractivity contribution in [2.24, 2.45) is 0 Å². The summed E-state index contributed by atoms with van der Waals surface area (Å²) in [4.78, 5) is 25.9. The van der Waals surface area contributed by atoms with Gasteiger partial charge in [0.1, 0.15) is 0 Å². The van der Waals surface area contributed by atoms with Gasteiger partial charge in [0.15, 0.2) is 0 Å². The summed E-state index contributed by atoms with van der Waals surface area (Å²) < 4.78 is 85.9. The molecule has 0 saturated carbocycles. The summed E-state index contributed by atoms with van der Waals surface area (Å²) in [6, 6.07) is 11.8. The Kier molecular flexibility index (Phi) is 11.2. The number of benzene rings is 3. The highest BCUT2D eigenvalue weighted by Gasteiger charge is 2.39.